The summed E-state index contributed by atoms with van der Waals surface area (Å²) >= 11 is 0. The van der Waals surface area contributed by atoms with Crippen molar-refractivity contribution in [3.63, 3.8) is 0 Å². The molecular formula is C25H33ClN2O2. The number of nitrogens with zero attached hydrogens (tertiary/aromatic N) is 2. The normalized spacial score (nSPS) is 17.8. The molecule has 0 saturated carbocycles. The molecule has 1 atom stereocenters. The van der Waals surface area contributed by atoms with Crippen molar-refractivity contribution in [1.29, 1.82) is 0 Å². The van der Waals surface area contributed by atoms with Gasteiger partial charge in [0.2, 0.25) is 0 Å². The topological polar surface area (TPSA) is 32.8 Å². The standard InChI is InChI=1S/C25H32N2O2.ClH/c1-2-29-25(28)14-4-3-9-15-26-16-17-27-23-13-8-6-11-21(23)18-20-10-5-7-12-22(20)24(27)19-26;/h5-8,10-13,24H,2-4,9,14-19H2,1H3;1H. The van der Waals surface area contributed by atoms with Crippen LogP contribution in [0.3, 0.4) is 0 Å². The molecule has 2 aromatic carbocycles. The largest absolute Gasteiger partial charge is 0.466 e. The molecule has 0 amide bonds. The van der Waals surface area contributed by atoms with Gasteiger partial charge < -0.3 is 9.64 Å². The molecule has 2 heterocycles. The Kier molecular flexibility index (Phi) is 8.17. The Hall–Kier alpha value is -2.04. The first-order valence-electron chi connectivity index (χ1n) is 11.1. The van der Waals surface area contributed by atoms with Crippen LogP contribution >= 0.6 is 12.4 Å². The van der Waals surface area contributed by atoms with Gasteiger partial charge in [-0.1, -0.05) is 48.9 Å². The van der Waals surface area contributed by atoms with Crippen molar-refractivity contribution in [2.24, 2.45) is 0 Å². The minimum Gasteiger partial charge on any atom is -0.466 e. The summed E-state index contributed by atoms with van der Waals surface area (Å²) in [6.07, 6.45) is 4.73. The van der Waals surface area contributed by atoms with E-state index in [0.29, 0.717) is 19.1 Å². The minimum absolute atomic E-state index is 0. The summed E-state index contributed by atoms with van der Waals surface area (Å²) in [6.45, 7) is 6.70. The summed E-state index contributed by atoms with van der Waals surface area (Å²) in [5.74, 6) is -0.0603. The van der Waals surface area contributed by atoms with E-state index in [1.807, 2.05) is 6.92 Å². The lowest BCUT2D eigenvalue weighted by atomic mass is 9.96. The van der Waals surface area contributed by atoms with Gasteiger partial charge in [0, 0.05) is 31.7 Å². The molecule has 0 bridgehead atoms. The first-order chi connectivity index (χ1) is 14.3. The molecule has 5 heteroatoms. The summed E-state index contributed by atoms with van der Waals surface area (Å²) in [5.41, 5.74) is 5.79. The molecule has 0 spiro atoms. The quantitative estimate of drug-likeness (QED) is 0.459. The lowest BCUT2D eigenvalue weighted by molar-refractivity contribution is -0.143. The van der Waals surface area contributed by atoms with Gasteiger partial charge in [0.1, 0.15) is 0 Å². The highest BCUT2D eigenvalue weighted by atomic mass is 35.5. The van der Waals surface area contributed by atoms with E-state index < -0.39 is 0 Å². The molecule has 0 aromatic heterocycles. The number of benzene rings is 2. The molecule has 30 heavy (non-hydrogen) atoms. The van der Waals surface area contributed by atoms with Crippen molar-refractivity contribution >= 4 is 24.1 Å². The van der Waals surface area contributed by atoms with E-state index in [4.69, 9.17) is 4.74 Å². The van der Waals surface area contributed by atoms with Gasteiger partial charge in [0.05, 0.1) is 12.6 Å². The summed E-state index contributed by atoms with van der Waals surface area (Å²) in [7, 11) is 0. The summed E-state index contributed by atoms with van der Waals surface area (Å²) < 4.78 is 5.02. The molecule has 2 aliphatic rings. The average molecular weight is 429 g/mol. The molecule has 0 radical (unpaired) electrons. The predicted molar refractivity (Wildman–Crippen MR) is 125 cm³/mol. The number of esters is 1. The Labute approximate surface area is 186 Å². The van der Waals surface area contributed by atoms with E-state index in [1.165, 1.54) is 22.4 Å². The van der Waals surface area contributed by atoms with Gasteiger partial charge in [0.25, 0.3) is 0 Å². The van der Waals surface area contributed by atoms with Crippen LogP contribution in [0, 0.1) is 0 Å². The van der Waals surface area contributed by atoms with Gasteiger partial charge >= 0.3 is 5.97 Å². The van der Waals surface area contributed by atoms with Crippen molar-refractivity contribution in [3.8, 4) is 0 Å². The van der Waals surface area contributed by atoms with Crippen molar-refractivity contribution in [2.45, 2.75) is 45.1 Å². The molecule has 1 fully saturated rings. The molecule has 0 aliphatic carbocycles. The maximum atomic E-state index is 11.5. The van der Waals surface area contributed by atoms with Crippen LogP contribution in [0.4, 0.5) is 5.69 Å². The lowest BCUT2D eigenvalue weighted by Crippen LogP contribution is -2.48. The van der Waals surface area contributed by atoms with Crippen molar-refractivity contribution in [3.05, 3.63) is 65.2 Å². The Bertz CT molecular complexity index is 841. The molecule has 1 saturated heterocycles. The number of hydrogen-bond donors (Lipinski definition) is 0. The number of para-hydroxylation sites is 1. The molecule has 2 aromatic rings. The molecule has 162 valence electrons. The van der Waals surface area contributed by atoms with Gasteiger partial charge in [0.15, 0.2) is 0 Å². The van der Waals surface area contributed by atoms with Crippen LogP contribution in [-0.4, -0.2) is 43.7 Å². The van der Waals surface area contributed by atoms with Crippen LogP contribution in [-0.2, 0) is 16.0 Å². The summed E-state index contributed by atoms with van der Waals surface area (Å²) in [6, 6.07) is 18.3. The maximum absolute atomic E-state index is 11.5. The van der Waals surface area contributed by atoms with Gasteiger partial charge in [-0.25, -0.2) is 0 Å². The third-order valence-electron chi connectivity index (χ3n) is 6.22. The molecule has 4 nitrogen and oxygen atoms in total. The number of hydrogen-bond acceptors (Lipinski definition) is 4. The van der Waals surface area contributed by atoms with Crippen LogP contribution in [0.15, 0.2) is 48.5 Å². The van der Waals surface area contributed by atoms with E-state index in [9.17, 15) is 4.79 Å². The van der Waals surface area contributed by atoms with Crippen molar-refractivity contribution in [2.75, 3.05) is 37.7 Å². The third-order valence-corrected chi connectivity index (χ3v) is 6.22. The van der Waals surface area contributed by atoms with Gasteiger partial charge in [-0.05, 0) is 55.5 Å². The zero-order valence-corrected chi connectivity index (χ0v) is 18.7. The van der Waals surface area contributed by atoms with Crippen LogP contribution in [0.2, 0.25) is 0 Å². The number of carbonyl (C=O) groups excluding carboxylic acids is 1. The van der Waals surface area contributed by atoms with E-state index in [-0.39, 0.29) is 18.4 Å². The highest BCUT2D eigenvalue weighted by Gasteiger charge is 2.32. The highest BCUT2D eigenvalue weighted by Crippen LogP contribution is 2.39. The second-order valence-electron chi connectivity index (χ2n) is 8.13. The number of ether oxygens (including phenoxy) is 1. The Balaban J connectivity index is 0.00000256. The summed E-state index contributed by atoms with van der Waals surface area (Å²) in [4.78, 5) is 16.7. The molecule has 2 aliphatic heterocycles. The fourth-order valence-corrected chi connectivity index (χ4v) is 4.78. The van der Waals surface area contributed by atoms with Crippen LogP contribution < -0.4 is 4.90 Å². The number of piperazine rings is 1. The molecular weight excluding hydrogens is 396 g/mol. The minimum atomic E-state index is -0.0603. The molecule has 0 N–H and O–H groups in total. The monoisotopic (exact) mass is 428 g/mol. The Morgan fingerprint density at radius 3 is 2.60 bits per heavy atom. The highest BCUT2D eigenvalue weighted by molar-refractivity contribution is 5.85. The van der Waals surface area contributed by atoms with Gasteiger partial charge in [-0.15, -0.1) is 12.4 Å². The predicted octanol–water partition coefficient (Wildman–Crippen LogP) is 5.00. The second-order valence-corrected chi connectivity index (χ2v) is 8.13. The number of halogens is 1. The smallest absolute Gasteiger partial charge is 0.305 e. The molecule has 4 rings (SSSR count). The third kappa shape index (κ3) is 5.16. The van der Waals surface area contributed by atoms with Crippen LogP contribution in [0.1, 0.15) is 55.3 Å². The van der Waals surface area contributed by atoms with E-state index >= 15 is 0 Å². The zero-order valence-electron chi connectivity index (χ0n) is 17.9. The number of fused-ring (bicyclic) bond motifs is 5. The first kappa shape index (κ1) is 22.6. The SMILES string of the molecule is CCOC(=O)CCCCCN1CCN2c3ccccc3Cc3ccccc3C2C1.Cl. The van der Waals surface area contributed by atoms with Gasteiger partial charge in [-0.2, -0.15) is 0 Å². The van der Waals surface area contributed by atoms with E-state index in [0.717, 1.165) is 51.9 Å². The Morgan fingerprint density at radius 1 is 1.00 bits per heavy atom. The zero-order chi connectivity index (χ0) is 20.1. The molecule has 1 unspecified atom stereocenters. The lowest BCUT2D eigenvalue weighted by Gasteiger charge is -2.43. The van der Waals surface area contributed by atoms with Crippen molar-refractivity contribution < 1.29 is 9.53 Å². The van der Waals surface area contributed by atoms with Crippen LogP contribution in [0.5, 0.6) is 0 Å². The average Bonchev–Trinajstić information content (AvgIpc) is 2.88. The Morgan fingerprint density at radius 2 is 1.77 bits per heavy atom. The van der Waals surface area contributed by atoms with E-state index in [2.05, 4.69) is 58.3 Å². The van der Waals surface area contributed by atoms with Crippen molar-refractivity contribution in [1.82, 2.24) is 4.90 Å². The second kappa shape index (κ2) is 10.8. The summed E-state index contributed by atoms with van der Waals surface area (Å²) in [5, 5.41) is 0. The maximum Gasteiger partial charge on any atom is 0.305 e. The number of rotatable bonds is 7. The number of anilines is 1. The van der Waals surface area contributed by atoms with Crippen LogP contribution in [0.25, 0.3) is 0 Å². The number of carbonyl (C=O) groups is 1. The fraction of sp³-hybridized carbons (Fsp3) is 0.480. The van der Waals surface area contributed by atoms with Gasteiger partial charge in [-0.3, -0.25) is 9.69 Å². The fourth-order valence-electron chi connectivity index (χ4n) is 4.78. The first-order valence-corrected chi connectivity index (χ1v) is 11.1. The van der Waals surface area contributed by atoms with E-state index in [1.54, 1.807) is 0 Å². The number of unbranched alkanes of at least 4 members (excludes halogenated alkanes) is 2.